The summed E-state index contributed by atoms with van der Waals surface area (Å²) in [5, 5.41) is 6.97. The van der Waals surface area contributed by atoms with E-state index in [0.29, 0.717) is 17.6 Å². The van der Waals surface area contributed by atoms with Crippen molar-refractivity contribution in [1.29, 1.82) is 0 Å². The fourth-order valence-electron chi connectivity index (χ4n) is 3.36. The molecule has 0 saturated carbocycles. The van der Waals surface area contributed by atoms with Crippen molar-refractivity contribution < 1.29 is 13.6 Å². The number of hydrogen-bond acceptors (Lipinski definition) is 4. The second kappa shape index (κ2) is 8.47. The number of benzene rings is 2. The number of amides is 1. The van der Waals surface area contributed by atoms with Crippen molar-refractivity contribution in [2.24, 2.45) is 0 Å². The van der Waals surface area contributed by atoms with Crippen LogP contribution in [0.2, 0.25) is 0 Å². The van der Waals surface area contributed by atoms with Gasteiger partial charge >= 0.3 is 0 Å². The number of nitrogens with zero attached hydrogens (tertiary/aromatic N) is 4. The maximum absolute atomic E-state index is 13.7. The largest absolute Gasteiger partial charge is 0.350 e. The zero-order chi connectivity index (χ0) is 22.0. The number of fused-ring (bicyclic) bond motifs is 1. The molecule has 0 fully saturated rings. The van der Waals surface area contributed by atoms with Gasteiger partial charge in [-0.1, -0.05) is 35.9 Å². The lowest BCUT2D eigenvalue weighted by Crippen LogP contribution is -2.29. The van der Waals surface area contributed by atoms with Gasteiger partial charge in [0.2, 0.25) is 0 Å². The molecule has 0 radical (unpaired) electrons. The van der Waals surface area contributed by atoms with E-state index in [1.54, 1.807) is 0 Å². The van der Waals surface area contributed by atoms with Gasteiger partial charge in [0.15, 0.2) is 5.65 Å². The maximum atomic E-state index is 13.7. The summed E-state index contributed by atoms with van der Waals surface area (Å²) in [6.07, 6.45) is 2.88. The average Bonchev–Trinajstić information content (AvgIpc) is 3.14. The Morgan fingerprint density at radius 3 is 2.61 bits per heavy atom. The molecular weight excluding hydrogens is 404 g/mol. The van der Waals surface area contributed by atoms with E-state index in [1.807, 2.05) is 31.2 Å². The number of carbonyl (C=O) groups excluding carboxylic acids is 1. The standard InChI is InChI=1S/C22H19F2N5O2/c1-14-4-2-5-15(10-14)12-28-13-26-20-16(22(28)31)11-27-29(20)9-8-25-21(30)19-17(23)6-3-7-18(19)24/h2-7,10-11,13H,8-9,12H2,1H3,(H,25,30). The number of rotatable bonds is 6. The van der Waals surface area contributed by atoms with Gasteiger partial charge in [0, 0.05) is 6.54 Å². The number of aromatic nitrogens is 4. The minimum absolute atomic E-state index is 0.0530. The number of aryl methyl sites for hydroxylation is 1. The van der Waals surface area contributed by atoms with E-state index in [4.69, 9.17) is 0 Å². The molecule has 4 rings (SSSR count). The number of nitrogens with one attached hydrogen (secondary N) is 1. The molecule has 0 saturated heterocycles. The zero-order valence-electron chi connectivity index (χ0n) is 16.7. The molecule has 158 valence electrons. The summed E-state index contributed by atoms with van der Waals surface area (Å²) in [7, 11) is 0. The summed E-state index contributed by atoms with van der Waals surface area (Å²) in [6.45, 7) is 2.60. The van der Waals surface area contributed by atoms with E-state index in [1.165, 1.54) is 27.8 Å². The van der Waals surface area contributed by atoms with E-state index >= 15 is 0 Å². The highest BCUT2D eigenvalue weighted by Gasteiger charge is 2.17. The van der Waals surface area contributed by atoms with Crippen LogP contribution in [0.3, 0.4) is 0 Å². The van der Waals surface area contributed by atoms with Crippen molar-refractivity contribution in [3.05, 3.63) is 93.7 Å². The number of halogens is 2. The zero-order valence-corrected chi connectivity index (χ0v) is 16.7. The highest BCUT2D eigenvalue weighted by atomic mass is 19.1. The molecule has 4 aromatic rings. The number of hydrogen-bond donors (Lipinski definition) is 1. The van der Waals surface area contributed by atoms with Crippen molar-refractivity contribution in [2.75, 3.05) is 6.54 Å². The third-order valence-corrected chi connectivity index (χ3v) is 4.86. The smallest absolute Gasteiger partial charge is 0.264 e. The second-order valence-corrected chi connectivity index (χ2v) is 7.12. The van der Waals surface area contributed by atoms with E-state index < -0.39 is 23.1 Å². The monoisotopic (exact) mass is 423 g/mol. The maximum Gasteiger partial charge on any atom is 0.264 e. The van der Waals surface area contributed by atoms with E-state index in [-0.39, 0.29) is 18.6 Å². The molecule has 1 amide bonds. The first kappa shape index (κ1) is 20.4. The Balaban J connectivity index is 1.48. The Hall–Kier alpha value is -3.88. The van der Waals surface area contributed by atoms with Crippen LogP contribution in [-0.2, 0) is 13.1 Å². The summed E-state index contributed by atoms with van der Waals surface area (Å²) in [6, 6.07) is 11.1. The van der Waals surface area contributed by atoms with Gasteiger partial charge in [-0.05, 0) is 24.6 Å². The predicted octanol–water partition coefficient (Wildman–Crippen LogP) is 2.66. The van der Waals surface area contributed by atoms with Crippen molar-refractivity contribution in [2.45, 2.75) is 20.0 Å². The Kier molecular flexibility index (Phi) is 5.57. The molecule has 2 heterocycles. The van der Waals surface area contributed by atoms with E-state index in [9.17, 15) is 18.4 Å². The van der Waals surface area contributed by atoms with Gasteiger partial charge in [0.25, 0.3) is 11.5 Å². The lowest BCUT2D eigenvalue weighted by atomic mass is 10.1. The fraction of sp³-hybridized carbons (Fsp3) is 0.182. The molecule has 1 N–H and O–H groups in total. The topological polar surface area (TPSA) is 81.8 Å². The van der Waals surface area contributed by atoms with E-state index in [0.717, 1.165) is 23.3 Å². The molecule has 31 heavy (non-hydrogen) atoms. The molecule has 0 unspecified atom stereocenters. The molecule has 0 aliphatic heterocycles. The third kappa shape index (κ3) is 4.20. The molecule has 0 atom stereocenters. The summed E-state index contributed by atoms with van der Waals surface area (Å²) in [4.78, 5) is 29.2. The van der Waals surface area contributed by atoms with Crippen molar-refractivity contribution >= 4 is 16.9 Å². The molecule has 2 aromatic heterocycles. The van der Waals surface area contributed by atoms with Gasteiger partial charge in [0.05, 0.1) is 19.3 Å². The lowest BCUT2D eigenvalue weighted by Gasteiger charge is -2.08. The normalized spacial score (nSPS) is 11.1. The Bertz CT molecular complexity index is 1310. The Morgan fingerprint density at radius 1 is 1.13 bits per heavy atom. The van der Waals surface area contributed by atoms with Crippen molar-refractivity contribution in [3.63, 3.8) is 0 Å². The first-order chi connectivity index (χ1) is 14.9. The molecule has 0 aliphatic carbocycles. The second-order valence-electron chi connectivity index (χ2n) is 7.12. The van der Waals surface area contributed by atoms with E-state index in [2.05, 4.69) is 15.4 Å². The van der Waals surface area contributed by atoms with Crippen LogP contribution in [0.4, 0.5) is 8.78 Å². The van der Waals surface area contributed by atoms with Crippen LogP contribution in [0.15, 0.2) is 59.8 Å². The van der Waals surface area contributed by atoms with Crippen LogP contribution < -0.4 is 10.9 Å². The van der Waals surface area contributed by atoms with Crippen LogP contribution in [-0.4, -0.2) is 31.8 Å². The number of carbonyl (C=O) groups is 1. The molecule has 0 spiro atoms. The van der Waals surface area contributed by atoms with Gasteiger partial charge < -0.3 is 5.32 Å². The van der Waals surface area contributed by atoms with Crippen molar-refractivity contribution in [3.8, 4) is 0 Å². The Morgan fingerprint density at radius 2 is 1.87 bits per heavy atom. The van der Waals surface area contributed by atoms with Crippen molar-refractivity contribution in [1.82, 2.24) is 24.6 Å². The highest BCUT2D eigenvalue weighted by Crippen LogP contribution is 2.12. The Labute approximate surface area is 176 Å². The minimum Gasteiger partial charge on any atom is -0.350 e. The quantitative estimate of drug-likeness (QED) is 0.517. The molecule has 9 heteroatoms. The van der Waals surface area contributed by atoms with Crippen LogP contribution in [0.25, 0.3) is 11.0 Å². The average molecular weight is 423 g/mol. The summed E-state index contributed by atoms with van der Waals surface area (Å²) in [5.74, 6) is -2.73. The van der Waals surface area contributed by atoms with Gasteiger partial charge in [-0.3, -0.25) is 14.2 Å². The summed E-state index contributed by atoms with van der Waals surface area (Å²) >= 11 is 0. The minimum atomic E-state index is -0.933. The predicted molar refractivity (Wildman–Crippen MR) is 111 cm³/mol. The van der Waals surface area contributed by atoms with Crippen LogP contribution in [0.1, 0.15) is 21.5 Å². The van der Waals surface area contributed by atoms with Crippen LogP contribution in [0, 0.1) is 18.6 Å². The van der Waals surface area contributed by atoms with Gasteiger partial charge in [0.1, 0.15) is 28.9 Å². The summed E-state index contributed by atoms with van der Waals surface area (Å²) < 4.78 is 30.4. The van der Waals surface area contributed by atoms with Gasteiger partial charge in [-0.15, -0.1) is 0 Å². The van der Waals surface area contributed by atoms with Crippen LogP contribution >= 0.6 is 0 Å². The fourth-order valence-corrected chi connectivity index (χ4v) is 3.36. The molecule has 7 nitrogen and oxygen atoms in total. The van der Waals surface area contributed by atoms with Gasteiger partial charge in [-0.25, -0.2) is 18.4 Å². The highest BCUT2D eigenvalue weighted by molar-refractivity contribution is 5.94. The first-order valence-electron chi connectivity index (χ1n) is 9.63. The molecular formula is C22H19F2N5O2. The van der Waals surface area contributed by atoms with Gasteiger partial charge in [-0.2, -0.15) is 5.10 Å². The third-order valence-electron chi connectivity index (χ3n) is 4.86. The molecule has 0 aliphatic rings. The molecule has 2 aromatic carbocycles. The first-order valence-corrected chi connectivity index (χ1v) is 9.63. The summed E-state index contributed by atoms with van der Waals surface area (Å²) in [5.41, 5.74) is 1.60. The van der Waals surface area contributed by atoms with Crippen LogP contribution in [0.5, 0.6) is 0 Å². The molecule has 0 bridgehead atoms. The lowest BCUT2D eigenvalue weighted by molar-refractivity contribution is 0.0943. The SMILES string of the molecule is Cc1cccc(Cn2cnc3c(cnn3CCNC(=O)c3c(F)cccc3F)c2=O)c1.